The van der Waals surface area contributed by atoms with Crippen LogP contribution in [0.5, 0.6) is 5.75 Å². The number of carbonyl (C=O) groups excluding carboxylic acids is 1. The first-order valence-electron chi connectivity index (χ1n) is 9.84. The number of rotatable bonds is 6. The molecule has 1 fully saturated rings. The molecule has 1 aliphatic heterocycles. The minimum Gasteiger partial charge on any atom is -0.489 e. The molecule has 1 aromatic carbocycles. The molecule has 31 heavy (non-hydrogen) atoms. The van der Waals surface area contributed by atoms with Crippen molar-refractivity contribution in [1.82, 2.24) is 14.4 Å². The Morgan fingerprint density at radius 3 is 2.42 bits per heavy atom. The lowest BCUT2D eigenvalue weighted by atomic mass is 10.1. The van der Waals surface area contributed by atoms with Crippen LogP contribution in [-0.4, -0.2) is 54.9 Å². The maximum Gasteiger partial charge on any atom is 0.253 e. The number of aromatic nitrogens is 1. The van der Waals surface area contributed by atoms with Gasteiger partial charge in [0.25, 0.3) is 15.9 Å². The third-order valence-corrected chi connectivity index (χ3v) is 8.55. The number of hydrogen-bond donors (Lipinski definition) is 0. The molecule has 0 N–H and O–H groups in total. The number of benzene rings is 1. The number of sulfonamides is 1. The van der Waals surface area contributed by atoms with Crippen LogP contribution in [0.25, 0.3) is 0 Å². The van der Waals surface area contributed by atoms with Gasteiger partial charge >= 0.3 is 0 Å². The van der Waals surface area contributed by atoms with Crippen molar-refractivity contribution >= 4 is 27.3 Å². The Kier molecular flexibility index (Phi) is 6.12. The molecule has 3 aromatic rings. The van der Waals surface area contributed by atoms with E-state index in [2.05, 4.69) is 5.16 Å². The molecule has 0 radical (unpaired) electrons. The molecule has 164 valence electrons. The standard InChI is InChI=1S/C21H23N3O5S2/c1-15-19(16(2)29-22-15)14-28-18-7-5-17(6-8-18)21(25)23-9-11-24(12-10-23)31(26,27)20-4-3-13-30-20/h3-8,13H,9-12,14H2,1-2H3. The molecule has 0 saturated carbocycles. The van der Waals surface area contributed by atoms with E-state index in [9.17, 15) is 13.2 Å². The topological polar surface area (TPSA) is 93.0 Å². The second-order valence-electron chi connectivity index (χ2n) is 7.24. The summed E-state index contributed by atoms with van der Waals surface area (Å²) in [6.45, 7) is 5.32. The molecule has 2 aromatic heterocycles. The quantitative estimate of drug-likeness (QED) is 0.560. The van der Waals surface area contributed by atoms with Crippen LogP contribution in [-0.2, 0) is 16.6 Å². The Hall–Kier alpha value is -2.69. The van der Waals surface area contributed by atoms with Gasteiger partial charge in [0.15, 0.2) is 0 Å². The second kappa shape index (κ2) is 8.81. The summed E-state index contributed by atoms with van der Waals surface area (Å²) in [5.74, 6) is 1.25. The van der Waals surface area contributed by atoms with E-state index in [1.54, 1.807) is 46.7 Å². The van der Waals surface area contributed by atoms with E-state index < -0.39 is 10.0 Å². The number of aryl methyl sites for hydroxylation is 2. The molecule has 0 atom stereocenters. The first kappa shape index (κ1) is 21.5. The highest BCUT2D eigenvalue weighted by atomic mass is 32.2. The van der Waals surface area contributed by atoms with Crippen LogP contribution < -0.4 is 4.74 Å². The van der Waals surface area contributed by atoms with Gasteiger partial charge in [0.05, 0.1) is 11.3 Å². The zero-order chi connectivity index (χ0) is 22.0. The summed E-state index contributed by atoms with van der Waals surface area (Å²) in [6.07, 6.45) is 0. The van der Waals surface area contributed by atoms with Gasteiger partial charge in [0.2, 0.25) is 0 Å². The van der Waals surface area contributed by atoms with Crippen LogP contribution >= 0.6 is 11.3 Å². The summed E-state index contributed by atoms with van der Waals surface area (Å²) >= 11 is 1.20. The smallest absolute Gasteiger partial charge is 0.253 e. The fourth-order valence-electron chi connectivity index (χ4n) is 3.41. The molecular formula is C21H23N3O5S2. The number of piperazine rings is 1. The fraction of sp³-hybridized carbons (Fsp3) is 0.333. The minimum atomic E-state index is -3.48. The van der Waals surface area contributed by atoms with E-state index in [-0.39, 0.29) is 19.0 Å². The average Bonchev–Trinajstić information content (AvgIpc) is 3.43. The highest BCUT2D eigenvalue weighted by Crippen LogP contribution is 2.23. The van der Waals surface area contributed by atoms with Crippen LogP contribution in [0.4, 0.5) is 0 Å². The summed E-state index contributed by atoms with van der Waals surface area (Å²) in [5.41, 5.74) is 2.25. The second-order valence-corrected chi connectivity index (χ2v) is 10.4. The van der Waals surface area contributed by atoms with Gasteiger partial charge in [-0.2, -0.15) is 4.31 Å². The molecule has 0 unspecified atom stereocenters. The lowest BCUT2D eigenvalue weighted by molar-refractivity contribution is 0.0698. The summed E-state index contributed by atoms with van der Waals surface area (Å²) < 4.78 is 37.9. The molecular weight excluding hydrogens is 438 g/mol. The Morgan fingerprint density at radius 2 is 1.84 bits per heavy atom. The van der Waals surface area contributed by atoms with Gasteiger partial charge in [0, 0.05) is 31.7 Å². The average molecular weight is 462 g/mol. The lowest BCUT2D eigenvalue weighted by Gasteiger charge is -2.33. The first-order chi connectivity index (χ1) is 14.9. The number of ether oxygens (including phenoxy) is 1. The van der Waals surface area contributed by atoms with Crippen molar-refractivity contribution in [2.45, 2.75) is 24.7 Å². The maximum atomic E-state index is 12.8. The van der Waals surface area contributed by atoms with E-state index in [0.717, 1.165) is 17.0 Å². The molecule has 0 bridgehead atoms. The highest BCUT2D eigenvalue weighted by molar-refractivity contribution is 7.91. The van der Waals surface area contributed by atoms with Gasteiger partial charge < -0.3 is 14.2 Å². The lowest BCUT2D eigenvalue weighted by Crippen LogP contribution is -2.50. The zero-order valence-electron chi connectivity index (χ0n) is 17.3. The Labute approximate surface area is 185 Å². The van der Waals surface area contributed by atoms with E-state index >= 15 is 0 Å². The van der Waals surface area contributed by atoms with Gasteiger partial charge in [-0.15, -0.1) is 11.3 Å². The Bertz CT molecular complexity index is 1130. The third kappa shape index (κ3) is 4.51. The molecule has 1 amide bonds. The number of thiophene rings is 1. The zero-order valence-corrected chi connectivity index (χ0v) is 18.9. The predicted octanol–water partition coefficient (Wildman–Crippen LogP) is 3.08. The van der Waals surface area contributed by atoms with Crippen molar-refractivity contribution in [3.8, 4) is 5.75 Å². The number of nitrogens with zero attached hydrogens (tertiary/aromatic N) is 3. The van der Waals surface area contributed by atoms with Crippen molar-refractivity contribution in [2.75, 3.05) is 26.2 Å². The van der Waals surface area contributed by atoms with Gasteiger partial charge in [0.1, 0.15) is 22.3 Å². The Morgan fingerprint density at radius 1 is 1.13 bits per heavy atom. The highest BCUT2D eigenvalue weighted by Gasteiger charge is 2.31. The van der Waals surface area contributed by atoms with Crippen molar-refractivity contribution < 1.29 is 22.5 Å². The van der Waals surface area contributed by atoms with E-state index in [4.69, 9.17) is 9.26 Å². The van der Waals surface area contributed by atoms with E-state index in [0.29, 0.717) is 35.2 Å². The molecule has 3 heterocycles. The molecule has 0 aliphatic carbocycles. The van der Waals surface area contributed by atoms with Crippen LogP contribution in [0.3, 0.4) is 0 Å². The number of hydrogen-bond acceptors (Lipinski definition) is 7. The molecule has 8 nitrogen and oxygen atoms in total. The molecule has 1 aliphatic rings. The number of carbonyl (C=O) groups is 1. The number of amides is 1. The van der Waals surface area contributed by atoms with Crippen LogP contribution in [0.1, 0.15) is 27.4 Å². The van der Waals surface area contributed by atoms with Crippen LogP contribution in [0.15, 0.2) is 50.5 Å². The van der Waals surface area contributed by atoms with Gasteiger partial charge in [-0.25, -0.2) is 8.42 Å². The molecule has 0 spiro atoms. The van der Waals surface area contributed by atoms with Crippen molar-refractivity contribution in [1.29, 1.82) is 0 Å². The van der Waals surface area contributed by atoms with Crippen molar-refractivity contribution in [3.05, 3.63) is 64.4 Å². The summed E-state index contributed by atoms with van der Waals surface area (Å²) in [4.78, 5) is 14.5. The molecule has 10 heteroatoms. The predicted molar refractivity (Wildman–Crippen MR) is 116 cm³/mol. The SMILES string of the molecule is Cc1noc(C)c1COc1ccc(C(=O)N2CCN(S(=O)(=O)c3cccs3)CC2)cc1. The van der Waals surface area contributed by atoms with Gasteiger partial charge in [-0.05, 0) is 49.6 Å². The fourth-order valence-corrected chi connectivity index (χ4v) is 5.98. The minimum absolute atomic E-state index is 0.120. The van der Waals surface area contributed by atoms with Gasteiger partial charge in [-0.3, -0.25) is 4.79 Å². The summed E-state index contributed by atoms with van der Waals surface area (Å²) in [6, 6.07) is 10.3. The third-order valence-electron chi connectivity index (χ3n) is 5.28. The summed E-state index contributed by atoms with van der Waals surface area (Å²) in [5, 5.41) is 5.65. The monoisotopic (exact) mass is 461 g/mol. The normalized spacial score (nSPS) is 15.2. The Balaban J connectivity index is 1.34. The van der Waals surface area contributed by atoms with E-state index in [1.807, 2.05) is 13.8 Å². The van der Waals surface area contributed by atoms with E-state index in [1.165, 1.54) is 15.6 Å². The van der Waals surface area contributed by atoms with Crippen molar-refractivity contribution in [3.63, 3.8) is 0 Å². The largest absolute Gasteiger partial charge is 0.489 e. The van der Waals surface area contributed by atoms with Crippen molar-refractivity contribution in [2.24, 2.45) is 0 Å². The van der Waals surface area contributed by atoms with Crippen LogP contribution in [0.2, 0.25) is 0 Å². The first-order valence-corrected chi connectivity index (χ1v) is 12.2. The van der Waals surface area contributed by atoms with Gasteiger partial charge in [-0.1, -0.05) is 11.2 Å². The maximum absolute atomic E-state index is 12.8. The molecule has 4 rings (SSSR count). The summed E-state index contributed by atoms with van der Waals surface area (Å²) in [7, 11) is -3.48. The molecule has 1 saturated heterocycles. The van der Waals surface area contributed by atoms with Crippen LogP contribution in [0, 0.1) is 13.8 Å².